The maximum absolute atomic E-state index is 11.8. The molecule has 1 aromatic heterocycles. The lowest BCUT2D eigenvalue weighted by Crippen LogP contribution is -2.27. The highest BCUT2D eigenvalue weighted by molar-refractivity contribution is 9.10. The van der Waals surface area contributed by atoms with Crippen molar-refractivity contribution in [1.29, 1.82) is 0 Å². The third kappa shape index (κ3) is 2.15. The zero-order chi connectivity index (χ0) is 11.7. The van der Waals surface area contributed by atoms with E-state index in [2.05, 4.69) is 38.5 Å². The lowest BCUT2D eigenvalue weighted by Gasteiger charge is -2.16. The van der Waals surface area contributed by atoms with Crippen molar-refractivity contribution < 1.29 is 4.79 Å². The summed E-state index contributed by atoms with van der Waals surface area (Å²) in [5, 5.41) is 0. The molecule has 16 heavy (non-hydrogen) atoms. The molecule has 1 aliphatic heterocycles. The minimum Gasteiger partial charge on any atom is -0.381 e. The number of halogens is 1. The summed E-state index contributed by atoms with van der Waals surface area (Å²) in [7, 11) is 0. The zero-order valence-corrected chi connectivity index (χ0v) is 10.9. The first-order valence-electron chi connectivity index (χ1n) is 4.81. The third-order valence-electron chi connectivity index (χ3n) is 2.47. The quantitative estimate of drug-likeness (QED) is 0.803. The molecule has 0 aliphatic carbocycles. The number of hydrogen-bond acceptors (Lipinski definition) is 5. The fourth-order valence-electron chi connectivity index (χ4n) is 1.68. The van der Waals surface area contributed by atoms with Crippen molar-refractivity contribution in [3.63, 3.8) is 0 Å². The fourth-order valence-corrected chi connectivity index (χ4v) is 2.19. The number of thiol groups is 1. The predicted molar refractivity (Wildman–Crippen MR) is 68.5 cm³/mol. The number of nitrogens with zero attached hydrogens (tertiary/aromatic N) is 3. The molecule has 1 aromatic rings. The van der Waals surface area contributed by atoms with Crippen molar-refractivity contribution in [3.8, 4) is 0 Å². The molecule has 0 aromatic carbocycles. The highest BCUT2D eigenvalue weighted by Crippen LogP contribution is 2.28. The Morgan fingerprint density at radius 1 is 1.69 bits per heavy atom. The van der Waals surface area contributed by atoms with Gasteiger partial charge in [-0.2, -0.15) is 12.6 Å². The number of hydrogen-bond donors (Lipinski definition) is 2. The zero-order valence-electron chi connectivity index (χ0n) is 8.43. The molecule has 1 saturated heterocycles. The molecule has 1 unspecified atom stereocenters. The monoisotopic (exact) mass is 302 g/mol. The number of nitrogens with two attached hydrogens (primary N) is 1. The molecule has 0 saturated carbocycles. The summed E-state index contributed by atoms with van der Waals surface area (Å²) in [5.41, 5.74) is 5.71. The molecular formula is C9H11BrN4OS. The molecule has 0 spiro atoms. The van der Waals surface area contributed by atoms with Gasteiger partial charge in [0.1, 0.15) is 4.60 Å². The second-order valence-electron chi connectivity index (χ2n) is 3.66. The third-order valence-corrected chi connectivity index (χ3v) is 3.37. The van der Waals surface area contributed by atoms with E-state index in [-0.39, 0.29) is 17.6 Å². The average Bonchev–Trinajstić information content (AvgIpc) is 2.63. The summed E-state index contributed by atoms with van der Waals surface area (Å²) in [6.45, 7) is 0.609. The number of aromatic nitrogens is 2. The Labute approximate surface area is 107 Å². The van der Waals surface area contributed by atoms with Crippen LogP contribution in [-0.4, -0.2) is 28.2 Å². The van der Waals surface area contributed by atoms with Crippen molar-refractivity contribution in [2.45, 2.75) is 6.42 Å². The molecule has 5 nitrogen and oxygen atoms in total. The molecule has 2 rings (SSSR count). The van der Waals surface area contributed by atoms with Gasteiger partial charge in [-0.15, -0.1) is 0 Å². The molecular weight excluding hydrogens is 292 g/mol. The van der Waals surface area contributed by atoms with Crippen LogP contribution < -0.4 is 10.6 Å². The van der Waals surface area contributed by atoms with Gasteiger partial charge in [0.2, 0.25) is 5.91 Å². The van der Waals surface area contributed by atoms with Crippen LogP contribution in [0.1, 0.15) is 6.42 Å². The predicted octanol–water partition coefficient (Wildman–Crippen LogP) is 1.10. The van der Waals surface area contributed by atoms with Crippen molar-refractivity contribution >= 4 is 46.1 Å². The van der Waals surface area contributed by atoms with E-state index in [1.165, 1.54) is 6.20 Å². The van der Waals surface area contributed by atoms with Crippen molar-refractivity contribution in [3.05, 3.63) is 10.8 Å². The number of nitrogen functional groups attached to an aromatic ring is 1. The van der Waals surface area contributed by atoms with Gasteiger partial charge in [0.15, 0.2) is 11.6 Å². The van der Waals surface area contributed by atoms with E-state index in [0.717, 1.165) is 0 Å². The number of amides is 1. The summed E-state index contributed by atoms with van der Waals surface area (Å²) < 4.78 is 0.568. The highest BCUT2D eigenvalue weighted by Gasteiger charge is 2.31. The van der Waals surface area contributed by atoms with Gasteiger partial charge >= 0.3 is 0 Å². The maximum Gasteiger partial charge on any atom is 0.228 e. The Kier molecular flexibility index (Phi) is 3.34. The standard InChI is InChI=1S/C9H11BrN4OS/c10-6-2-12-8(11)9(13-6)14-3-5(4-16)1-7(14)15/h2,5,16H,1,3-4H2,(H2,11,12). The van der Waals surface area contributed by atoms with Crippen LogP contribution >= 0.6 is 28.6 Å². The summed E-state index contributed by atoms with van der Waals surface area (Å²) >= 11 is 7.41. The first kappa shape index (κ1) is 11.7. The first-order valence-corrected chi connectivity index (χ1v) is 6.23. The Hall–Kier alpha value is -0.820. The lowest BCUT2D eigenvalue weighted by molar-refractivity contribution is -0.117. The van der Waals surface area contributed by atoms with Gasteiger partial charge in [-0.05, 0) is 27.6 Å². The molecule has 0 radical (unpaired) electrons. The molecule has 2 heterocycles. The van der Waals surface area contributed by atoms with Crippen molar-refractivity contribution in [2.75, 3.05) is 22.9 Å². The molecule has 0 bridgehead atoms. The van der Waals surface area contributed by atoms with Gasteiger partial charge < -0.3 is 5.73 Å². The summed E-state index contributed by atoms with van der Waals surface area (Å²) in [6.07, 6.45) is 2.01. The van der Waals surface area contributed by atoms with Gasteiger partial charge in [0, 0.05) is 13.0 Å². The SMILES string of the molecule is Nc1ncc(Br)nc1N1CC(CS)CC1=O. The molecule has 86 valence electrons. The Balaban J connectivity index is 2.30. The number of carbonyl (C=O) groups excluding carboxylic acids is 1. The maximum atomic E-state index is 11.8. The number of carbonyl (C=O) groups is 1. The smallest absolute Gasteiger partial charge is 0.228 e. The first-order chi connectivity index (χ1) is 7.61. The van der Waals surface area contributed by atoms with Crippen LogP contribution in [0, 0.1) is 5.92 Å². The van der Waals surface area contributed by atoms with Gasteiger partial charge in [-0.3, -0.25) is 9.69 Å². The molecule has 1 amide bonds. The second-order valence-corrected chi connectivity index (χ2v) is 4.84. The highest BCUT2D eigenvalue weighted by atomic mass is 79.9. The van der Waals surface area contributed by atoms with E-state index in [1.807, 2.05) is 0 Å². The van der Waals surface area contributed by atoms with Gasteiger partial charge in [-0.25, -0.2) is 9.97 Å². The minimum absolute atomic E-state index is 0.0261. The minimum atomic E-state index is 0.0261. The number of anilines is 2. The Morgan fingerprint density at radius 3 is 3.06 bits per heavy atom. The van der Waals surface area contributed by atoms with Crippen molar-refractivity contribution in [1.82, 2.24) is 9.97 Å². The Morgan fingerprint density at radius 2 is 2.44 bits per heavy atom. The van der Waals surface area contributed by atoms with Crippen LogP contribution in [-0.2, 0) is 4.79 Å². The van der Waals surface area contributed by atoms with Crippen LogP contribution in [0.15, 0.2) is 10.8 Å². The normalized spacial score (nSPS) is 20.5. The fraction of sp³-hybridized carbons (Fsp3) is 0.444. The second kappa shape index (κ2) is 4.58. The molecule has 1 atom stereocenters. The largest absolute Gasteiger partial charge is 0.381 e. The Bertz CT molecular complexity index is 428. The van der Waals surface area contributed by atoms with Crippen LogP contribution in [0.2, 0.25) is 0 Å². The number of rotatable bonds is 2. The summed E-state index contributed by atoms with van der Waals surface area (Å²) in [6, 6.07) is 0. The van der Waals surface area contributed by atoms with Crippen LogP contribution in [0.3, 0.4) is 0 Å². The van der Waals surface area contributed by atoms with E-state index in [1.54, 1.807) is 4.90 Å². The molecule has 1 fully saturated rings. The van der Waals surface area contributed by atoms with Crippen LogP contribution in [0.4, 0.5) is 11.6 Å². The van der Waals surface area contributed by atoms with Gasteiger partial charge in [0.05, 0.1) is 6.20 Å². The molecule has 7 heteroatoms. The summed E-state index contributed by atoms with van der Waals surface area (Å²) in [5.74, 6) is 1.68. The van der Waals surface area contributed by atoms with Crippen LogP contribution in [0.25, 0.3) is 0 Å². The van der Waals surface area contributed by atoms with Crippen LogP contribution in [0.5, 0.6) is 0 Å². The van der Waals surface area contributed by atoms with E-state index < -0.39 is 0 Å². The summed E-state index contributed by atoms with van der Waals surface area (Å²) in [4.78, 5) is 21.5. The molecule has 2 N–H and O–H groups in total. The van der Waals surface area contributed by atoms with Gasteiger partial charge in [0.25, 0.3) is 0 Å². The topological polar surface area (TPSA) is 72.1 Å². The van der Waals surface area contributed by atoms with Crippen molar-refractivity contribution in [2.24, 2.45) is 5.92 Å². The van der Waals surface area contributed by atoms with E-state index >= 15 is 0 Å². The van der Waals surface area contributed by atoms with E-state index in [4.69, 9.17) is 5.73 Å². The lowest BCUT2D eigenvalue weighted by atomic mass is 10.1. The van der Waals surface area contributed by atoms with Gasteiger partial charge in [-0.1, -0.05) is 0 Å². The average molecular weight is 303 g/mol. The van der Waals surface area contributed by atoms with E-state index in [9.17, 15) is 4.79 Å². The molecule has 1 aliphatic rings. The van der Waals surface area contributed by atoms with E-state index in [0.29, 0.717) is 29.1 Å².